The Morgan fingerprint density at radius 2 is 2.16 bits per heavy atom. The Bertz CT molecular complexity index is 599. The van der Waals surface area contributed by atoms with Crippen molar-refractivity contribution in [3.8, 4) is 0 Å². The van der Waals surface area contributed by atoms with Crippen LogP contribution in [-0.2, 0) is 6.54 Å². The first-order valence-corrected chi connectivity index (χ1v) is 6.45. The lowest BCUT2D eigenvalue weighted by Crippen LogP contribution is -2.03. The van der Waals surface area contributed by atoms with Gasteiger partial charge >= 0.3 is 0 Å². The predicted molar refractivity (Wildman–Crippen MR) is 77.1 cm³/mol. The van der Waals surface area contributed by atoms with Crippen molar-refractivity contribution in [1.29, 1.82) is 0 Å². The molecule has 1 aromatic carbocycles. The fraction of sp³-hybridized carbons (Fsp3) is 0.154. The van der Waals surface area contributed by atoms with Crippen LogP contribution in [0.5, 0.6) is 0 Å². The second kappa shape index (κ2) is 5.79. The topological polar surface area (TPSA) is 68.1 Å². The molecule has 0 radical (unpaired) electrons. The summed E-state index contributed by atoms with van der Waals surface area (Å²) in [4.78, 5) is 14.6. The summed E-state index contributed by atoms with van der Waals surface area (Å²) >= 11 is 3.32. The SMILES string of the molecule is Cc1ccc([N+](=O)[O-])cc1NCc1ccc(Br)cn1. The lowest BCUT2D eigenvalue weighted by atomic mass is 10.2. The zero-order chi connectivity index (χ0) is 13.8. The number of benzene rings is 1. The Labute approximate surface area is 119 Å². The third kappa shape index (κ3) is 3.51. The number of hydrogen-bond donors (Lipinski definition) is 1. The van der Waals surface area contributed by atoms with Crippen LogP contribution >= 0.6 is 15.9 Å². The van der Waals surface area contributed by atoms with Gasteiger partial charge in [0.1, 0.15) is 0 Å². The molecule has 0 spiro atoms. The molecule has 0 bridgehead atoms. The minimum Gasteiger partial charge on any atom is -0.379 e. The van der Waals surface area contributed by atoms with E-state index in [1.54, 1.807) is 12.3 Å². The summed E-state index contributed by atoms with van der Waals surface area (Å²) in [5.74, 6) is 0. The van der Waals surface area contributed by atoms with Crippen LogP contribution in [0.1, 0.15) is 11.3 Å². The molecule has 0 aliphatic heterocycles. The number of nitro groups is 1. The van der Waals surface area contributed by atoms with Crippen molar-refractivity contribution >= 4 is 27.3 Å². The van der Waals surface area contributed by atoms with E-state index in [2.05, 4.69) is 26.2 Å². The Morgan fingerprint density at radius 1 is 1.37 bits per heavy atom. The molecule has 6 heteroatoms. The summed E-state index contributed by atoms with van der Waals surface area (Å²) in [5, 5.41) is 13.9. The summed E-state index contributed by atoms with van der Waals surface area (Å²) in [6.07, 6.45) is 1.72. The van der Waals surface area contributed by atoms with Crippen molar-refractivity contribution in [2.24, 2.45) is 0 Å². The van der Waals surface area contributed by atoms with Gasteiger partial charge in [0.15, 0.2) is 0 Å². The summed E-state index contributed by atoms with van der Waals surface area (Å²) < 4.78 is 0.919. The zero-order valence-corrected chi connectivity index (χ0v) is 11.8. The van der Waals surface area contributed by atoms with Crippen molar-refractivity contribution in [1.82, 2.24) is 4.98 Å². The molecule has 98 valence electrons. The van der Waals surface area contributed by atoms with E-state index in [1.165, 1.54) is 12.1 Å². The van der Waals surface area contributed by atoms with Gasteiger partial charge < -0.3 is 5.32 Å². The highest BCUT2D eigenvalue weighted by molar-refractivity contribution is 9.10. The maximum absolute atomic E-state index is 10.7. The molecule has 5 nitrogen and oxygen atoms in total. The number of non-ortho nitro benzene ring substituents is 1. The molecule has 0 atom stereocenters. The van der Waals surface area contributed by atoms with Crippen LogP contribution in [0.3, 0.4) is 0 Å². The monoisotopic (exact) mass is 321 g/mol. The van der Waals surface area contributed by atoms with E-state index < -0.39 is 4.92 Å². The molecule has 0 unspecified atom stereocenters. The van der Waals surface area contributed by atoms with Crippen LogP contribution in [0, 0.1) is 17.0 Å². The molecule has 0 saturated heterocycles. The van der Waals surface area contributed by atoms with Gasteiger partial charge in [-0.15, -0.1) is 0 Å². The highest BCUT2D eigenvalue weighted by atomic mass is 79.9. The van der Waals surface area contributed by atoms with Crippen LogP contribution in [0.2, 0.25) is 0 Å². The largest absolute Gasteiger partial charge is 0.379 e. The van der Waals surface area contributed by atoms with E-state index >= 15 is 0 Å². The molecule has 1 N–H and O–H groups in total. The third-order valence-electron chi connectivity index (χ3n) is 2.68. The Morgan fingerprint density at radius 3 is 2.79 bits per heavy atom. The number of rotatable bonds is 4. The van der Waals surface area contributed by atoms with Crippen molar-refractivity contribution in [2.45, 2.75) is 13.5 Å². The van der Waals surface area contributed by atoms with Gasteiger partial charge in [-0.3, -0.25) is 15.1 Å². The van der Waals surface area contributed by atoms with Crippen molar-refractivity contribution in [3.63, 3.8) is 0 Å². The molecule has 1 aromatic heterocycles. The normalized spacial score (nSPS) is 10.2. The van der Waals surface area contributed by atoms with Crippen LogP contribution < -0.4 is 5.32 Å². The second-order valence-corrected chi connectivity index (χ2v) is 4.99. The summed E-state index contributed by atoms with van der Waals surface area (Å²) in [6.45, 7) is 2.43. The average molecular weight is 322 g/mol. The summed E-state index contributed by atoms with van der Waals surface area (Å²) in [6, 6.07) is 8.57. The number of anilines is 1. The molecule has 0 amide bonds. The van der Waals surface area contributed by atoms with Gasteiger partial charge in [-0.1, -0.05) is 6.07 Å². The Hall–Kier alpha value is -1.95. The molecule has 2 aromatic rings. The van der Waals surface area contributed by atoms with Crippen molar-refractivity contribution in [3.05, 3.63) is 62.4 Å². The first kappa shape index (κ1) is 13.5. The molecule has 0 saturated carbocycles. The van der Waals surface area contributed by atoms with E-state index in [1.807, 2.05) is 19.1 Å². The molecule has 0 aliphatic rings. The average Bonchev–Trinajstić information content (AvgIpc) is 2.39. The van der Waals surface area contributed by atoms with Gasteiger partial charge in [-0.25, -0.2) is 0 Å². The lowest BCUT2D eigenvalue weighted by molar-refractivity contribution is -0.384. The molecule has 1 heterocycles. The van der Waals surface area contributed by atoms with Crippen LogP contribution in [0.4, 0.5) is 11.4 Å². The first-order valence-electron chi connectivity index (χ1n) is 5.65. The minimum absolute atomic E-state index is 0.0804. The number of hydrogen-bond acceptors (Lipinski definition) is 4. The number of nitro benzene ring substituents is 1. The molecule has 0 aliphatic carbocycles. The lowest BCUT2D eigenvalue weighted by Gasteiger charge is -2.09. The van der Waals surface area contributed by atoms with Crippen LogP contribution in [0.15, 0.2) is 41.0 Å². The van der Waals surface area contributed by atoms with Gasteiger partial charge in [0.2, 0.25) is 0 Å². The van der Waals surface area contributed by atoms with E-state index in [4.69, 9.17) is 0 Å². The maximum Gasteiger partial charge on any atom is 0.271 e. The third-order valence-corrected chi connectivity index (χ3v) is 3.15. The smallest absolute Gasteiger partial charge is 0.271 e. The van der Waals surface area contributed by atoms with Crippen molar-refractivity contribution in [2.75, 3.05) is 5.32 Å². The summed E-state index contributed by atoms with van der Waals surface area (Å²) in [7, 11) is 0. The Balaban J connectivity index is 2.12. The molecule has 2 rings (SSSR count). The molecular formula is C13H12BrN3O2. The number of aromatic nitrogens is 1. The highest BCUT2D eigenvalue weighted by Crippen LogP contribution is 2.22. The van der Waals surface area contributed by atoms with Crippen molar-refractivity contribution < 1.29 is 4.92 Å². The number of nitrogens with one attached hydrogen (secondary N) is 1. The van der Waals surface area contributed by atoms with E-state index in [0.717, 1.165) is 21.4 Å². The number of nitrogens with zero attached hydrogens (tertiary/aromatic N) is 2. The van der Waals surface area contributed by atoms with Crippen LogP contribution in [-0.4, -0.2) is 9.91 Å². The van der Waals surface area contributed by atoms with Gasteiger partial charge in [-0.05, 0) is 40.5 Å². The standard InChI is InChI=1S/C13H12BrN3O2/c1-9-2-5-12(17(18)19)6-13(9)16-8-11-4-3-10(14)7-15-11/h2-7,16H,8H2,1H3. The Kier molecular flexibility index (Phi) is 4.11. The molecule has 0 fully saturated rings. The molecule has 19 heavy (non-hydrogen) atoms. The minimum atomic E-state index is -0.400. The number of halogens is 1. The molecular weight excluding hydrogens is 310 g/mol. The maximum atomic E-state index is 10.7. The summed E-state index contributed by atoms with van der Waals surface area (Å²) in [5.41, 5.74) is 2.66. The number of aryl methyl sites for hydroxylation is 1. The van der Waals surface area contributed by atoms with Gasteiger partial charge in [0.25, 0.3) is 5.69 Å². The van der Waals surface area contributed by atoms with Gasteiger partial charge in [-0.2, -0.15) is 0 Å². The fourth-order valence-corrected chi connectivity index (χ4v) is 1.85. The number of pyridine rings is 1. The quantitative estimate of drug-likeness (QED) is 0.689. The van der Waals surface area contributed by atoms with E-state index in [9.17, 15) is 10.1 Å². The first-order chi connectivity index (χ1) is 9.06. The fourth-order valence-electron chi connectivity index (χ4n) is 1.61. The van der Waals surface area contributed by atoms with Gasteiger partial charge in [0.05, 0.1) is 17.2 Å². The predicted octanol–water partition coefficient (Wildman–Crippen LogP) is 3.67. The van der Waals surface area contributed by atoms with E-state index in [0.29, 0.717) is 6.54 Å². The van der Waals surface area contributed by atoms with E-state index in [-0.39, 0.29) is 5.69 Å². The highest BCUT2D eigenvalue weighted by Gasteiger charge is 2.08. The van der Waals surface area contributed by atoms with Gasteiger partial charge in [0, 0.05) is 28.5 Å². The van der Waals surface area contributed by atoms with Crippen LogP contribution in [0.25, 0.3) is 0 Å². The zero-order valence-electron chi connectivity index (χ0n) is 10.3. The second-order valence-electron chi connectivity index (χ2n) is 4.08.